The molecule has 2 aromatic rings. The van der Waals surface area contributed by atoms with E-state index < -0.39 is 46.3 Å². The van der Waals surface area contributed by atoms with Crippen LogP contribution < -0.4 is 0 Å². The van der Waals surface area contributed by atoms with E-state index in [2.05, 4.69) is 0 Å². The molecule has 0 atom stereocenters. The molecule has 9 heteroatoms. The summed E-state index contributed by atoms with van der Waals surface area (Å²) in [5.41, 5.74) is -7.77. The molecule has 136 valence electrons. The lowest BCUT2D eigenvalue weighted by Gasteiger charge is -2.22. The van der Waals surface area contributed by atoms with Crippen molar-refractivity contribution < 1.29 is 39.5 Å². The Hall–Kier alpha value is -2.19. The van der Waals surface area contributed by atoms with Crippen molar-refractivity contribution in [2.45, 2.75) is 25.5 Å². The predicted molar refractivity (Wildman–Crippen MR) is 71.6 cm³/mol. The van der Waals surface area contributed by atoms with Crippen molar-refractivity contribution in [1.82, 2.24) is 0 Å². The van der Waals surface area contributed by atoms with E-state index in [1.165, 1.54) is 6.92 Å². The van der Waals surface area contributed by atoms with Crippen LogP contribution in [0.1, 0.15) is 22.3 Å². The van der Waals surface area contributed by atoms with Crippen molar-refractivity contribution in [2.75, 3.05) is 0 Å². The fraction of sp³-hybridized carbons (Fsp3) is 0.250. The molecule has 0 fully saturated rings. The molecule has 0 aliphatic carbocycles. The molecule has 0 saturated heterocycles. The highest BCUT2D eigenvalue weighted by molar-refractivity contribution is 5.76. The van der Waals surface area contributed by atoms with Crippen LogP contribution in [0.3, 0.4) is 0 Å². The van der Waals surface area contributed by atoms with Gasteiger partial charge in [-0.1, -0.05) is 23.8 Å². The van der Waals surface area contributed by atoms with Crippen molar-refractivity contribution >= 4 is 0 Å². The Bertz CT molecular complexity index is 747. The van der Waals surface area contributed by atoms with Gasteiger partial charge in [-0.15, -0.1) is 0 Å². The van der Waals surface area contributed by atoms with E-state index in [4.69, 9.17) is 0 Å². The van der Waals surface area contributed by atoms with Crippen LogP contribution in [0.5, 0.6) is 0 Å². The van der Waals surface area contributed by atoms with Crippen molar-refractivity contribution in [3.63, 3.8) is 0 Å². The van der Waals surface area contributed by atoms with Crippen LogP contribution in [0.4, 0.5) is 39.5 Å². The zero-order valence-electron chi connectivity index (χ0n) is 12.4. The highest BCUT2D eigenvalue weighted by Gasteiger charge is 2.43. The van der Waals surface area contributed by atoms with E-state index in [0.29, 0.717) is 30.3 Å². The zero-order chi connectivity index (χ0) is 19.2. The molecule has 0 unspecified atom stereocenters. The summed E-state index contributed by atoms with van der Waals surface area (Å²) in [7, 11) is 0. The number of hydrogen-bond donors (Lipinski definition) is 0. The number of rotatable bonds is 1. The van der Waals surface area contributed by atoms with E-state index >= 15 is 0 Å². The Balaban J connectivity index is 2.97. The third-order valence-corrected chi connectivity index (χ3v) is 3.43. The average Bonchev–Trinajstić information content (AvgIpc) is 2.43. The van der Waals surface area contributed by atoms with Gasteiger partial charge in [0.05, 0.1) is 16.7 Å². The summed E-state index contributed by atoms with van der Waals surface area (Å²) in [5, 5.41) is 0. The monoisotopic (exact) mass is 372 g/mol. The number of aryl methyl sites for hydroxylation is 1. The second kappa shape index (κ2) is 5.96. The van der Waals surface area contributed by atoms with Crippen LogP contribution in [0.15, 0.2) is 36.4 Å². The van der Waals surface area contributed by atoms with Crippen molar-refractivity contribution in [3.05, 3.63) is 58.7 Å². The minimum atomic E-state index is -5.26. The van der Waals surface area contributed by atoms with Crippen LogP contribution in [0, 0.1) is 6.92 Å². The maximum atomic E-state index is 13.2. The lowest BCUT2D eigenvalue weighted by molar-refractivity contribution is -0.143. The molecule has 0 N–H and O–H groups in total. The van der Waals surface area contributed by atoms with Gasteiger partial charge in [-0.25, -0.2) is 0 Å². The van der Waals surface area contributed by atoms with Crippen molar-refractivity contribution in [3.8, 4) is 11.1 Å². The van der Waals surface area contributed by atoms with Gasteiger partial charge < -0.3 is 0 Å². The molecule has 0 radical (unpaired) electrons. The highest BCUT2D eigenvalue weighted by Crippen LogP contribution is 2.47. The van der Waals surface area contributed by atoms with E-state index in [9.17, 15) is 39.5 Å². The second-order valence-electron chi connectivity index (χ2n) is 5.27. The zero-order valence-corrected chi connectivity index (χ0v) is 12.4. The van der Waals surface area contributed by atoms with Crippen LogP contribution in [0.25, 0.3) is 11.1 Å². The third-order valence-electron chi connectivity index (χ3n) is 3.43. The molecule has 0 bridgehead atoms. The summed E-state index contributed by atoms with van der Waals surface area (Å²) in [6.07, 6.45) is -15.6. The van der Waals surface area contributed by atoms with Crippen LogP contribution >= 0.6 is 0 Å². The number of benzene rings is 2. The smallest absolute Gasteiger partial charge is 0.166 e. The summed E-state index contributed by atoms with van der Waals surface area (Å²) in [6.45, 7) is 1.25. The molecule has 2 rings (SSSR count). The lowest BCUT2D eigenvalue weighted by Crippen LogP contribution is -2.16. The van der Waals surface area contributed by atoms with Crippen molar-refractivity contribution in [1.29, 1.82) is 0 Å². The van der Waals surface area contributed by atoms with Gasteiger partial charge in [0.25, 0.3) is 0 Å². The Morgan fingerprint density at radius 3 is 1.44 bits per heavy atom. The molecular weight excluding hydrogens is 363 g/mol. The van der Waals surface area contributed by atoms with Crippen molar-refractivity contribution in [2.24, 2.45) is 0 Å². The largest absolute Gasteiger partial charge is 0.417 e. The molecule has 0 nitrogen and oxygen atoms in total. The maximum Gasteiger partial charge on any atom is 0.417 e. The number of alkyl halides is 9. The topological polar surface area (TPSA) is 0 Å². The van der Waals surface area contributed by atoms with E-state index in [1.54, 1.807) is 0 Å². The Labute approximate surface area is 135 Å². The fourth-order valence-electron chi connectivity index (χ4n) is 2.43. The molecular formula is C16H9F9. The molecule has 0 saturated carbocycles. The first-order valence-corrected chi connectivity index (χ1v) is 6.68. The van der Waals surface area contributed by atoms with Gasteiger partial charge in [0.15, 0.2) is 0 Å². The molecule has 0 amide bonds. The minimum absolute atomic E-state index is 0.0501. The van der Waals surface area contributed by atoms with Crippen LogP contribution in [-0.2, 0) is 18.5 Å². The van der Waals surface area contributed by atoms with Gasteiger partial charge in [0, 0.05) is 5.56 Å². The first kappa shape index (κ1) is 19.1. The fourth-order valence-corrected chi connectivity index (χ4v) is 2.43. The Kier molecular flexibility index (Phi) is 4.56. The Morgan fingerprint density at radius 1 is 0.600 bits per heavy atom. The quantitative estimate of drug-likeness (QED) is 0.488. The van der Waals surface area contributed by atoms with Gasteiger partial charge in [-0.2, -0.15) is 39.5 Å². The SMILES string of the molecule is Cc1ccc(-c2c(C(F)(F)F)cccc2C(F)(F)F)c(C(F)(F)F)c1. The Morgan fingerprint density at radius 2 is 1.04 bits per heavy atom. The van der Waals surface area contributed by atoms with Crippen LogP contribution in [0.2, 0.25) is 0 Å². The number of hydrogen-bond acceptors (Lipinski definition) is 0. The predicted octanol–water partition coefficient (Wildman–Crippen LogP) is 6.72. The summed E-state index contributed by atoms with van der Waals surface area (Å²) in [4.78, 5) is 0. The average molecular weight is 372 g/mol. The molecule has 0 heterocycles. The molecule has 25 heavy (non-hydrogen) atoms. The summed E-state index contributed by atoms with van der Waals surface area (Å²) in [6, 6.07) is 3.32. The van der Waals surface area contributed by atoms with E-state index in [-0.39, 0.29) is 5.56 Å². The summed E-state index contributed by atoms with van der Waals surface area (Å²) < 4.78 is 119. The van der Waals surface area contributed by atoms with E-state index in [1.807, 2.05) is 0 Å². The minimum Gasteiger partial charge on any atom is -0.166 e. The van der Waals surface area contributed by atoms with Gasteiger partial charge in [0.1, 0.15) is 0 Å². The van der Waals surface area contributed by atoms with Gasteiger partial charge in [0.2, 0.25) is 0 Å². The normalized spacial score (nSPS) is 13.2. The first-order valence-electron chi connectivity index (χ1n) is 6.68. The van der Waals surface area contributed by atoms with Gasteiger partial charge in [-0.05, 0) is 30.7 Å². The lowest BCUT2D eigenvalue weighted by atomic mass is 9.89. The third kappa shape index (κ3) is 3.91. The maximum absolute atomic E-state index is 13.2. The van der Waals surface area contributed by atoms with E-state index in [0.717, 1.165) is 6.07 Å². The molecule has 0 aromatic heterocycles. The summed E-state index contributed by atoms with van der Waals surface area (Å²) in [5.74, 6) is 0. The standard InChI is InChI=1S/C16H9F9/c1-8-5-6-9(12(7-8)16(23,24)25)13-10(14(17,18)19)3-2-4-11(13)15(20,21)22/h2-7H,1H3. The molecule has 0 aliphatic heterocycles. The summed E-state index contributed by atoms with van der Waals surface area (Å²) >= 11 is 0. The van der Waals surface area contributed by atoms with Crippen LogP contribution in [-0.4, -0.2) is 0 Å². The second-order valence-corrected chi connectivity index (χ2v) is 5.27. The molecule has 0 spiro atoms. The molecule has 0 aliphatic rings. The number of halogens is 9. The highest BCUT2D eigenvalue weighted by atomic mass is 19.4. The first-order chi connectivity index (χ1) is 11.2. The van der Waals surface area contributed by atoms with Gasteiger partial charge >= 0.3 is 18.5 Å². The molecule has 2 aromatic carbocycles. The van der Waals surface area contributed by atoms with Gasteiger partial charge in [-0.3, -0.25) is 0 Å².